The highest BCUT2D eigenvalue weighted by Gasteiger charge is 2.33. The zero-order valence-electron chi connectivity index (χ0n) is 12.5. The summed E-state index contributed by atoms with van der Waals surface area (Å²) in [7, 11) is -3.41. The van der Waals surface area contributed by atoms with E-state index in [1.807, 2.05) is 26.8 Å². The van der Waals surface area contributed by atoms with Gasteiger partial charge in [0, 0.05) is 19.1 Å². The summed E-state index contributed by atoms with van der Waals surface area (Å²) < 4.78 is 27.2. The lowest BCUT2D eigenvalue weighted by atomic mass is 10.1. The summed E-state index contributed by atoms with van der Waals surface area (Å²) in [6.07, 6.45) is 2.29. The minimum Gasteiger partial charge on any atom is -0.326 e. The van der Waals surface area contributed by atoms with Crippen molar-refractivity contribution in [1.82, 2.24) is 4.31 Å². The van der Waals surface area contributed by atoms with Gasteiger partial charge < -0.3 is 5.73 Å². The predicted molar refractivity (Wildman–Crippen MR) is 80.8 cm³/mol. The van der Waals surface area contributed by atoms with Crippen molar-refractivity contribution in [3.05, 3.63) is 29.3 Å². The van der Waals surface area contributed by atoms with Gasteiger partial charge in [0.15, 0.2) is 0 Å². The van der Waals surface area contributed by atoms with Gasteiger partial charge in [-0.1, -0.05) is 6.07 Å². The number of hydrogen-bond acceptors (Lipinski definition) is 3. The van der Waals surface area contributed by atoms with Crippen molar-refractivity contribution in [2.45, 2.75) is 51.1 Å². The van der Waals surface area contributed by atoms with E-state index < -0.39 is 10.0 Å². The van der Waals surface area contributed by atoms with Crippen molar-refractivity contribution in [2.75, 3.05) is 6.54 Å². The van der Waals surface area contributed by atoms with Crippen LogP contribution in [0.2, 0.25) is 0 Å². The molecule has 0 aliphatic heterocycles. The fourth-order valence-electron chi connectivity index (χ4n) is 2.33. The summed E-state index contributed by atoms with van der Waals surface area (Å²) >= 11 is 0. The number of benzene rings is 1. The molecule has 112 valence electrons. The van der Waals surface area contributed by atoms with Gasteiger partial charge in [0.05, 0.1) is 4.90 Å². The Hall–Kier alpha value is -0.910. The molecular formula is C15H24N2O2S. The van der Waals surface area contributed by atoms with Crippen LogP contribution in [0, 0.1) is 12.8 Å². The summed E-state index contributed by atoms with van der Waals surface area (Å²) in [5.74, 6) is 0.539. The minimum absolute atomic E-state index is 0.0184. The Morgan fingerprint density at radius 2 is 2.00 bits per heavy atom. The third-order valence-electron chi connectivity index (χ3n) is 3.85. The van der Waals surface area contributed by atoms with Crippen LogP contribution in [0.4, 0.5) is 0 Å². The molecular weight excluding hydrogens is 272 g/mol. The summed E-state index contributed by atoms with van der Waals surface area (Å²) in [6, 6.07) is 5.21. The van der Waals surface area contributed by atoms with Gasteiger partial charge in [-0.25, -0.2) is 8.42 Å². The van der Waals surface area contributed by atoms with Crippen LogP contribution in [0.5, 0.6) is 0 Å². The normalized spacial score (nSPS) is 16.1. The second-order valence-corrected chi connectivity index (χ2v) is 7.79. The fraction of sp³-hybridized carbons (Fsp3) is 0.600. The quantitative estimate of drug-likeness (QED) is 0.876. The maximum absolute atomic E-state index is 12.8. The Morgan fingerprint density at radius 1 is 1.35 bits per heavy atom. The van der Waals surface area contributed by atoms with Crippen LogP contribution in [0.25, 0.3) is 0 Å². The van der Waals surface area contributed by atoms with Gasteiger partial charge in [0.2, 0.25) is 10.0 Å². The van der Waals surface area contributed by atoms with Gasteiger partial charge in [-0.15, -0.1) is 0 Å². The van der Waals surface area contributed by atoms with Crippen LogP contribution >= 0.6 is 0 Å². The van der Waals surface area contributed by atoms with E-state index >= 15 is 0 Å². The molecule has 1 aromatic rings. The summed E-state index contributed by atoms with van der Waals surface area (Å²) in [5.41, 5.74) is 7.55. The molecule has 0 unspecified atom stereocenters. The first-order valence-corrected chi connectivity index (χ1v) is 8.61. The molecule has 2 rings (SSSR count). The Balaban J connectivity index is 2.33. The van der Waals surface area contributed by atoms with Crippen molar-refractivity contribution < 1.29 is 8.42 Å². The average Bonchev–Trinajstić information content (AvgIpc) is 3.19. The third kappa shape index (κ3) is 3.22. The van der Waals surface area contributed by atoms with Gasteiger partial charge in [-0.3, -0.25) is 0 Å². The monoisotopic (exact) mass is 296 g/mol. The van der Waals surface area contributed by atoms with E-state index in [1.165, 1.54) is 0 Å². The van der Waals surface area contributed by atoms with E-state index in [1.54, 1.807) is 16.4 Å². The second-order valence-electron chi connectivity index (χ2n) is 5.90. The molecule has 1 saturated carbocycles. The first-order chi connectivity index (χ1) is 9.36. The topological polar surface area (TPSA) is 63.4 Å². The second kappa shape index (κ2) is 5.84. The molecule has 0 spiro atoms. The molecule has 1 aliphatic carbocycles. The number of hydrogen-bond donors (Lipinski definition) is 1. The molecule has 0 saturated heterocycles. The average molecular weight is 296 g/mol. The van der Waals surface area contributed by atoms with Gasteiger partial charge in [-0.2, -0.15) is 4.31 Å². The molecule has 1 aliphatic rings. The Bertz CT molecular complexity index is 578. The third-order valence-corrected chi connectivity index (χ3v) is 5.89. The van der Waals surface area contributed by atoms with Crippen molar-refractivity contribution in [3.63, 3.8) is 0 Å². The molecule has 1 fully saturated rings. The van der Waals surface area contributed by atoms with Crippen LogP contribution in [0.3, 0.4) is 0 Å². The number of sulfonamides is 1. The van der Waals surface area contributed by atoms with Crippen molar-refractivity contribution in [1.29, 1.82) is 0 Å². The molecule has 20 heavy (non-hydrogen) atoms. The van der Waals surface area contributed by atoms with Gasteiger partial charge in [0.25, 0.3) is 0 Å². The highest BCUT2D eigenvalue weighted by Crippen LogP contribution is 2.32. The molecule has 1 aromatic carbocycles. The van der Waals surface area contributed by atoms with E-state index in [2.05, 4.69) is 0 Å². The van der Waals surface area contributed by atoms with E-state index in [0.717, 1.165) is 24.0 Å². The maximum atomic E-state index is 12.8. The van der Waals surface area contributed by atoms with Crippen molar-refractivity contribution in [3.8, 4) is 0 Å². The number of nitrogens with two attached hydrogens (primary N) is 1. The largest absolute Gasteiger partial charge is 0.326 e. The highest BCUT2D eigenvalue weighted by molar-refractivity contribution is 7.89. The Morgan fingerprint density at radius 3 is 2.45 bits per heavy atom. The first-order valence-electron chi connectivity index (χ1n) is 7.17. The summed E-state index contributed by atoms with van der Waals surface area (Å²) in [4.78, 5) is 0.376. The van der Waals surface area contributed by atoms with Crippen LogP contribution in [0.15, 0.2) is 23.1 Å². The van der Waals surface area contributed by atoms with Crippen LogP contribution in [-0.4, -0.2) is 25.3 Å². The number of rotatable bonds is 6. The molecule has 4 nitrogen and oxygen atoms in total. The highest BCUT2D eigenvalue weighted by atomic mass is 32.2. The Labute approximate surface area is 122 Å². The van der Waals surface area contributed by atoms with E-state index in [0.29, 0.717) is 23.9 Å². The minimum atomic E-state index is -3.41. The van der Waals surface area contributed by atoms with Gasteiger partial charge >= 0.3 is 0 Å². The smallest absolute Gasteiger partial charge is 0.243 e. The Kier molecular flexibility index (Phi) is 4.52. The summed E-state index contributed by atoms with van der Waals surface area (Å²) in [6.45, 7) is 6.84. The fourth-order valence-corrected chi connectivity index (χ4v) is 4.13. The van der Waals surface area contributed by atoms with E-state index in [-0.39, 0.29) is 6.04 Å². The molecule has 0 bridgehead atoms. The lowest BCUT2D eigenvalue weighted by Gasteiger charge is -2.26. The van der Waals surface area contributed by atoms with Crippen molar-refractivity contribution in [2.24, 2.45) is 11.7 Å². The molecule has 5 heteroatoms. The molecule has 0 aromatic heterocycles. The molecule has 0 atom stereocenters. The van der Waals surface area contributed by atoms with Crippen LogP contribution < -0.4 is 5.73 Å². The predicted octanol–water partition coefficient (Wildman–Crippen LogP) is 2.26. The van der Waals surface area contributed by atoms with Gasteiger partial charge in [-0.05, 0) is 62.8 Å². The number of nitrogens with zero attached hydrogens (tertiary/aromatic N) is 1. The van der Waals surface area contributed by atoms with Crippen LogP contribution in [0.1, 0.15) is 37.8 Å². The maximum Gasteiger partial charge on any atom is 0.243 e. The zero-order chi connectivity index (χ0) is 14.9. The lowest BCUT2D eigenvalue weighted by Crippen LogP contribution is -2.38. The first kappa shape index (κ1) is 15.5. The van der Waals surface area contributed by atoms with E-state index in [4.69, 9.17) is 5.73 Å². The summed E-state index contributed by atoms with van der Waals surface area (Å²) in [5, 5.41) is 0. The molecule has 2 N–H and O–H groups in total. The molecule has 0 amide bonds. The standard InChI is InChI=1S/C15H24N2O2S/c1-11(2)17(10-13-4-5-13)20(18,19)15-7-6-14(9-16)12(3)8-15/h6-8,11,13H,4-5,9-10,16H2,1-3H3. The van der Waals surface area contributed by atoms with E-state index in [9.17, 15) is 8.42 Å². The zero-order valence-corrected chi connectivity index (χ0v) is 13.3. The number of aryl methyl sites for hydroxylation is 1. The molecule has 0 heterocycles. The van der Waals surface area contributed by atoms with Gasteiger partial charge in [0.1, 0.15) is 0 Å². The van der Waals surface area contributed by atoms with Crippen LogP contribution in [-0.2, 0) is 16.6 Å². The SMILES string of the molecule is Cc1cc(S(=O)(=O)N(CC2CC2)C(C)C)ccc1CN. The van der Waals surface area contributed by atoms with Crippen molar-refractivity contribution >= 4 is 10.0 Å². The molecule has 0 radical (unpaired) electrons. The lowest BCUT2D eigenvalue weighted by molar-refractivity contribution is 0.341.